The minimum atomic E-state index is -0.696. The average Bonchev–Trinajstić information content (AvgIpc) is 2.01. The van der Waals surface area contributed by atoms with Gasteiger partial charge in [0.2, 0.25) is 0 Å². The summed E-state index contributed by atoms with van der Waals surface area (Å²) in [5.41, 5.74) is -0.696. The van der Waals surface area contributed by atoms with Crippen molar-refractivity contribution < 1.29 is 9.53 Å². The average molecular weight is 201 g/mol. The molecule has 0 radical (unpaired) electrons. The lowest BCUT2D eigenvalue weighted by Gasteiger charge is -2.27. The summed E-state index contributed by atoms with van der Waals surface area (Å²) in [6.07, 6.45) is 0.990. The van der Waals surface area contributed by atoms with Crippen LogP contribution in [0.1, 0.15) is 34.1 Å². The van der Waals surface area contributed by atoms with E-state index >= 15 is 0 Å². The van der Waals surface area contributed by atoms with Gasteiger partial charge in [-0.05, 0) is 26.2 Å². The molecule has 0 aromatic carbocycles. The Morgan fingerprint density at radius 3 is 2.21 bits per heavy atom. The van der Waals surface area contributed by atoms with Crippen molar-refractivity contribution in [2.24, 2.45) is 5.92 Å². The van der Waals surface area contributed by atoms with E-state index in [9.17, 15) is 4.79 Å². The highest BCUT2D eigenvalue weighted by atomic mass is 16.5. The first-order valence-corrected chi connectivity index (χ1v) is 5.13. The number of nitrogens with zero attached hydrogens (tertiary/aromatic N) is 1. The maximum Gasteiger partial charge on any atom is 0.253 e. The van der Waals surface area contributed by atoms with Crippen LogP contribution in [0.2, 0.25) is 0 Å². The van der Waals surface area contributed by atoms with Gasteiger partial charge in [-0.3, -0.25) is 4.79 Å². The third-order valence-corrected chi connectivity index (χ3v) is 2.08. The Morgan fingerprint density at radius 2 is 1.86 bits per heavy atom. The van der Waals surface area contributed by atoms with Gasteiger partial charge < -0.3 is 9.64 Å². The van der Waals surface area contributed by atoms with E-state index in [4.69, 9.17) is 4.74 Å². The molecule has 0 spiro atoms. The van der Waals surface area contributed by atoms with Crippen LogP contribution < -0.4 is 0 Å². The monoisotopic (exact) mass is 201 g/mol. The molecule has 0 aromatic heterocycles. The zero-order chi connectivity index (χ0) is 11.4. The van der Waals surface area contributed by atoms with Crippen molar-refractivity contribution in [3.05, 3.63) is 0 Å². The van der Waals surface area contributed by atoms with Crippen LogP contribution in [-0.2, 0) is 9.53 Å². The van der Waals surface area contributed by atoms with Gasteiger partial charge in [-0.1, -0.05) is 13.8 Å². The molecule has 3 heteroatoms. The van der Waals surface area contributed by atoms with Crippen molar-refractivity contribution in [2.75, 3.05) is 20.7 Å². The number of ether oxygens (including phenoxy) is 1. The molecule has 84 valence electrons. The normalized spacial score (nSPS) is 11.9. The lowest BCUT2D eigenvalue weighted by molar-refractivity contribution is -0.151. The standard InChI is InChI=1S/C11H23NO2/c1-9(2)7-8-14-11(3,4)10(13)12(5)6/h9H,7-8H2,1-6H3. The first-order chi connectivity index (χ1) is 6.27. The Balaban J connectivity index is 4.01. The number of carbonyl (C=O) groups is 1. The first-order valence-electron chi connectivity index (χ1n) is 5.13. The van der Waals surface area contributed by atoms with Gasteiger partial charge in [0.05, 0.1) is 0 Å². The molecule has 0 aliphatic carbocycles. The number of carbonyl (C=O) groups excluding carboxylic acids is 1. The molecule has 1 amide bonds. The third kappa shape index (κ3) is 4.61. The molecule has 0 saturated heterocycles. The quantitative estimate of drug-likeness (QED) is 0.680. The highest BCUT2D eigenvalue weighted by Crippen LogP contribution is 2.13. The van der Waals surface area contributed by atoms with E-state index in [0.29, 0.717) is 12.5 Å². The second-order valence-electron chi connectivity index (χ2n) is 4.74. The molecular formula is C11H23NO2. The van der Waals surface area contributed by atoms with Gasteiger partial charge >= 0.3 is 0 Å². The van der Waals surface area contributed by atoms with E-state index in [2.05, 4.69) is 13.8 Å². The van der Waals surface area contributed by atoms with Crippen molar-refractivity contribution in [2.45, 2.75) is 39.7 Å². The molecular weight excluding hydrogens is 178 g/mol. The van der Waals surface area contributed by atoms with Gasteiger partial charge in [-0.15, -0.1) is 0 Å². The highest BCUT2D eigenvalue weighted by Gasteiger charge is 2.29. The molecule has 0 saturated carbocycles. The highest BCUT2D eigenvalue weighted by molar-refractivity contribution is 5.83. The molecule has 0 atom stereocenters. The van der Waals surface area contributed by atoms with Crippen LogP contribution in [0.3, 0.4) is 0 Å². The summed E-state index contributed by atoms with van der Waals surface area (Å²) in [6, 6.07) is 0. The van der Waals surface area contributed by atoms with Crippen molar-refractivity contribution >= 4 is 5.91 Å². The van der Waals surface area contributed by atoms with Crippen LogP contribution in [0.15, 0.2) is 0 Å². The third-order valence-electron chi connectivity index (χ3n) is 2.08. The minimum Gasteiger partial charge on any atom is -0.366 e. The molecule has 0 heterocycles. The van der Waals surface area contributed by atoms with E-state index < -0.39 is 5.60 Å². The SMILES string of the molecule is CC(C)CCOC(C)(C)C(=O)N(C)C. The Bertz CT molecular complexity index is 186. The van der Waals surface area contributed by atoms with Crippen LogP contribution in [0.5, 0.6) is 0 Å². The maximum absolute atomic E-state index is 11.6. The van der Waals surface area contributed by atoms with E-state index in [1.54, 1.807) is 19.0 Å². The number of likely N-dealkylation sites (N-methyl/N-ethyl adjacent to an activating group) is 1. The Morgan fingerprint density at radius 1 is 1.36 bits per heavy atom. The summed E-state index contributed by atoms with van der Waals surface area (Å²) >= 11 is 0. The lowest BCUT2D eigenvalue weighted by Crippen LogP contribution is -2.43. The molecule has 14 heavy (non-hydrogen) atoms. The van der Waals surface area contributed by atoms with Crippen LogP contribution in [0.25, 0.3) is 0 Å². The zero-order valence-electron chi connectivity index (χ0n) is 10.3. The number of hydrogen-bond donors (Lipinski definition) is 0. The Kier molecular flexibility index (Phi) is 5.13. The minimum absolute atomic E-state index is 0.0151. The smallest absolute Gasteiger partial charge is 0.253 e. The second-order valence-corrected chi connectivity index (χ2v) is 4.74. The van der Waals surface area contributed by atoms with E-state index in [1.165, 1.54) is 0 Å². The summed E-state index contributed by atoms with van der Waals surface area (Å²) in [5.74, 6) is 0.626. The van der Waals surface area contributed by atoms with Crippen molar-refractivity contribution in [1.82, 2.24) is 4.90 Å². The summed E-state index contributed by atoms with van der Waals surface area (Å²) < 4.78 is 5.57. The summed E-state index contributed by atoms with van der Waals surface area (Å²) in [7, 11) is 3.49. The predicted octanol–water partition coefficient (Wildman–Crippen LogP) is 1.92. The van der Waals surface area contributed by atoms with Gasteiger partial charge in [0.15, 0.2) is 0 Å². The fourth-order valence-corrected chi connectivity index (χ4v) is 1.15. The second kappa shape index (κ2) is 5.35. The Hall–Kier alpha value is -0.570. The van der Waals surface area contributed by atoms with Crippen molar-refractivity contribution in [3.63, 3.8) is 0 Å². The molecule has 0 aliphatic heterocycles. The fourth-order valence-electron chi connectivity index (χ4n) is 1.15. The van der Waals surface area contributed by atoms with E-state index in [-0.39, 0.29) is 5.91 Å². The molecule has 0 N–H and O–H groups in total. The zero-order valence-corrected chi connectivity index (χ0v) is 10.3. The summed E-state index contributed by atoms with van der Waals surface area (Å²) in [6.45, 7) is 8.56. The van der Waals surface area contributed by atoms with Crippen LogP contribution in [0, 0.1) is 5.92 Å². The number of rotatable bonds is 5. The van der Waals surface area contributed by atoms with Gasteiger partial charge in [-0.25, -0.2) is 0 Å². The molecule has 0 rings (SSSR count). The largest absolute Gasteiger partial charge is 0.366 e. The molecule has 0 fully saturated rings. The molecule has 0 unspecified atom stereocenters. The fraction of sp³-hybridized carbons (Fsp3) is 0.909. The Labute approximate surface area is 87.4 Å². The number of amides is 1. The van der Waals surface area contributed by atoms with Crippen molar-refractivity contribution in [3.8, 4) is 0 Å². The van der Waals surface area contributed by atoms with Gasteiger partial charge in [-0.2, -0.15) is 0 Å². The summed E-state index contributed by atoms with van der Waals surface area (Å²) in [5, 5.41) is 0. The summed E-state index contributed by atoms with van der Waals surface area (Å²) in [4.78, 5) is 13.2. The van der Waals surface area contributed by atoms with Crippen LogP contribution in [-0.4, -0.2) is 37.1 Å². The van der Waals surface area contributed by atoms with Gasteiger partial charge in [0.25, 0.3) is 5.91 Å². The molecule has 0 aliphatic rings. The number of hydrogen-bond acceptors (Lipinski definition) is 2. The van der Waals surface area contributed by atoms with Gasteiger partial charge in [0, 0.05) is 20.7 Å². The van der Waals surface area contributed by atoms with Crippen molar-refractivity contribution in [1.29, 1.82) is 0 Å². The van der Waals surface area contributed by atoms with Crippen LogP contribution >= 0.6 is 0 Å². The molecule has 0 aromatic rings. The molecule has 3 nitrogen and oxygen atoms in total. The maximum atomic E-state index is 11.6. The van der Waals surface area contributed by atoms with Crippen LogP contribution in [0.4, 0.5) is 0 Å². The molecule has 0 bridgehead atoms. The topological polar surface area (TPSA) is 29.5 Å². The predicted molar refractivity (Wildman–Crippen MR) is 58.2 cm³/mol. The van der Waals surface area contributed by atoms with Gasteiger partial charge in [0.1, 0.15) is 5.60 Å². The lowest BCUT2D eigenvalue weighted by atomic mass is 10.1. The van der Waals surface area contributed by atoms with E-state index in [0.717, 1.165) is 6.42 Å². The first kappa shape index (κ1) is 13.4. The van der Waals surface area contributed by atoms with E-state index in [1.807, 2.05) is 13.8 Å².